The Kier molecular flexibility index (Phi) is 3.74. The molecule has 78 valence electrons. The summed E-state index contributed by atoms with van der Waals surface area (Å²) in [6.07, 6.45) is 1.16. The Bertz CT molecular complexity index is 156. The van der Waals surface area contributed by atoms with E-state index < -0.39 is 0 Å². The molecule has 13 heavy (non-hydrogen) atoms. The minimum atomic E-state index is 0.415. The highest BCUT2D eigenvalue weighted by atomic mass is 15.2. The molecule has 0 bridgehead atoms. The molecule has 1 aliphatic rings. The summed E-state index contributed by atoms with van der Waals surface area (Å²) in [4.78, 5) is 2.58. The topological polar surface area (TPSA) is 29.3 Å². The molecule has 2 nitrogen and oxygen atoms in total. The maximum atomic E-state index is 6.04. The Morgan fingerprint density at radius 2 is 2.00 bits per heavy atom. The van der Waals surface area contributed by atoms with Crippen molar-refractivity contribution in [2.45, 2.75) is 46.2 Å². The lowest BCUT2D eigenvalue weighted by molar-refractivity contribution is 0.0865. The first-order valence-electron chi connectivity index (χ1n) is 5.52. The fraction of sp³-hybridized carbons (Fsp3) is 1.00. The quantitative estimate of drug-likeness (QED) is 0.708. The number of hydrogen-bond donors (Lipinski definition) is 1. The zero-order valence-electron chi connectivity index (χ0n) is 9.46. The van der Waals surface area contributed by atoms with Gasteiger partial charge in [0.25, 0.3) is 0 Å². The van der Waals surface area contributed by atoms with Crippen LogP contribution in [-0.2, 0) is 0 Å². The Balaban J connectivity index is 2.48. The molecule has 3 atom stereocenters. The van der Waals surface area contributed by atoms with Crippen molar-refractivity contribution in [3.8, 4) is 0 Å². The van der Waals surface area contributed by atoms with Crippen molar-refractivity contribution in [1.82, 2.24) is 4.90 Å². The lowest BCUT2D eigenvalue weighted by Gasteiger charge is -2.42. The van der Waals surface area contributed by atoms with E-state index in [1.165, 1.54) is 13.1 Å². The molecule has 1 fully saturated rings. The van der Waals surface area contributed by atoms with E-state index in [1.54, 1.807) is 0 Å². The summed E-state index contributed by atoms with van der Waals surface area (Å²) in [5.74, 6) is 1.41. The number of nitrogens with zero attached hydrogens (tertiary/aromatic N) is 1. The average Bonchev–Trinajstić information content (AvgIpc) is 2.06. The molecule has 0 aromatic heterocycles. The first-order valence-corrected chi connectivity index (χ1v) is 5.52. The van der Waals surface area contributed by atoms with Crippen LogP contribution in [0.4, 0.5) is 0 Å². The molecule has 2 N–H and O–H groups in total. The molecule has 0 amide bonds. The number of rotatable bonds is 2. The highest BCUT2D eigenvalue weighted by molar-refractivity contribution is 4.86. The van der Waals surface area contributed by atoms with Gasteiger partial charge in [-0.15, -0.1) is 0 Å². The standard InChI is InChI=1S/C11H24N2/c1-8(2)7-13-6-5-11(12)9(3)10(13)4/h8-11H,5-7,12H2,1-4H3. The Hall–Kier alpha value is -0.0800. The van der Waals surface area contributed by atoms with Crippen LogP contribution in [-0.4, -0.2) is 30.1 Å². The first-order chi connectivity index (χ1) is 6.02. The fourth-order valence-corrected chi connectivity index (χ4v) is 2.20. The molecule has 1 rings (SSSR count). The Morgan fingerprint density at radius 1 is 1.38 bits per heavy atom. The fourth-order valence-electron chi connectivity index (χ4n) is 2.20. The van der Waals surface area contributed by atoms with Crippen molar-refractivity contribution >= 4 is 0 Å². The van der Waals surface area contributed by atoms with E-state index in [2.05, 4.69) is 32.6 Å². The van der Waals surface area contributed by atoms with E-state index in [0.717, 1.165) is 12.3 Å². The van der Waals surface area contributed by atoms with Crippen molar-refractivity contribution < 1.29 is 0 Å². The van der Waals surface area contributed by atoms with Crippen LogP contribution < -0.4 is 5.73 Å². The second-order valence-electron chi connectivity index (χ2n) is 4.94. The van der Waals surface area contributed by atoms with Gasteiger partial charge in [0.2, 0.25) is 0 Å². The summed E-state index contributed by atoms with van der Waals surface area (Å²) in [6, 6.07) is 1.07. The molecular formula is C11H24N2. The molecule has 0 saturated carbocycles. The van der Waals surface area contributed by atoms with E-state index in [4.69, 9.17) is 5.73 Å². The number of nitrogens with two attached hydrogens (primary N) is 1. The Morgan fingerprint density at radius 3 is 2.54 bits per heavy atom. The first kappa shape index (κ1) is 11.0. The molecule has 0 radical (unpaired) electrons. The largest absolute Gasteiger partial charge is 0.327 e. The second kappa shape index (κ2) is 4.43. The third kappa shape index (κ3) is 2.68. The summed E-state index contributed by atoms with van der Waals surface area (Å²) < 4.78 is 0. The van der Waals surface area contributed by atoms with E-state index in [0.29, 0.717) is 18.0 Å². The van der Waals surface area contributed by atoms with Gasteiger partial charge < -0.3 is 10.6 Å². The monoisotopic (exact) mass is 184 g/mol. The highest BCUT2D eigenvalue weighted by Gasteiger charge is 2.29. The van der Waals surface area contributed by atoms with Crippen molar-refractivity contribution in [1.29, 1.82) is 0 Å². The summed E-state index contributed by atoms with van der Waals surface area (Å²) in [7, 11) is 0. The van der Waals surface area contributed by atoms with E-state index in [9.17, 15) is 0 Å². The zero-order valence-corrected chi connectivity index (χ0v) is 9.46. The smallest absolute Gasteiger partial charge is 0.0107 e. The van der Waals surface area contributed by atoms with Crippen molar-refractivity contribution in [2.75, 3.05) is 13.1 Å². The van der Waals surface area contributed by atoms with Gasteiger partial charge in [0.1, 0.15) is 0 Å². The molecule has 2 heteroatoms. The number of likely N-dealkylation sites (tertiary alicyclic amines) is 1. The highest BCUT2D eigenvalue weighted by Crippen LogP contribution is 2.22. The van der Waals surface area contributed by atoms with Crippen LogP contribution in [0.1, 0.15) is 34.1 Å². The van der Waals surface area contributed by atoms with Gasteiger partial charge in [-0.25, -0.2) is 0 Å². The minimum Gasteiger partial charge on any atom is -0.327 e. The van der Waals surface area contributed by atoms with Gasteiger partial charge in [-0.3, -0.25) is 0 Å². The van der Waals surface area contributed by atoms with E-state index >= 15 is 0 Å². The summed E-state index contributed by atoms with van der Waals surface area (Å²) in [6.45, 7) is 11.6. The third-order valence-electron chi connectivity index (χ3n) is 3.36. The lowest BCUT2D eigenvalue weighted by Crippen LogP contribution is -2.52. The Labute approximate surface area is 82.5 Å². The van der Waals surface area contributed by atoms with Gasteiger partial charge in [-0.05, 0) is 31.7 Å². The van der Waals surface area contributed by atoms with Gasteiger partial charge >= 0.3 is 0 Å². The van der Waals surface area contributed by atoms with Crippen LogP contribution in [0.15, 0.2) is 0 Å². The SMILES string of the molecule is CC(C)CN1CCC(N)C(C)C1C. The van der Waals surface area contributed by atoms with Crippen molar-refractivity contribution in [3.63, 3.8) is 0 Å². The number of piperidine rings is 1. The van der Waals surface area contributed by atoms with Gasteiger partial charge in [0.15, 0.2) is 0 Å². The lowest BCUT2D eigenvalue weighted by atomic mass is 9.87. The van der Waals surface area contributed by atoms with Crippen LogP contribution in [0.2, 0.25) is 0 Å². The molecule has 0 spiro atoms. The van der Waals surface area contributed by atoms with Gasteiger partial charge in [-0.2, -0.15) is 0 Å². The average molecular weight is 184 g/mol. The van der Waals surface area contributed by atoms with Crippen LogP contribution in [0, 0.1) is 11.8 Å². The van der Waals surface area contributed by atoms with Crippen molar-refractivity contribution in [2.24, 2.45) is 17.6 Å². The normalized spacial score (nSPS) is 36.9. The second-order valence-corrected chi connectivity index (χ2v) is 4.94. The van der Waals surface area contributed by atoms with Crippen LogP contribution >= 0.6 is 0 Å². The van der Waals surface area contributed by atoms with E-state index in [-0.39, 0.29) is 0 Å². The van der Waals surface area contributed by atoms with Crippen molar-refractivity contribution in [3.05, 3.63) is 0 Å². The van der Waals surface area contributed by atoms with Gasteiger partial charge in [0, 0.05) is 18.6 Å². The number of hydrogen-bond acceptors (Lipinski definition) is 2. The predicted molar refractivity (Wildman–Crippen MR) is 57.6 cm³/mol. The summed E-state index contributed by atoms with van der Waals surface area (Å²) >= 11 is 0. The molecule has 1 aliphatic heterocycles. The van der Waals surface area contributed by atoms with Gasteiger partial charge in [-0.1, -0.05) is 20.8 Å². The zero-order chi connectivity index (χ0) is 10.0. The summed E-state index contributed by atoms with van der Waals surface area (Å²) in [5.41, 5.74) is 6.04. The minimum absolute atomic E-state index is 0.415. The molecule has 1 heterocycles. The summed E-state index contributed by atoms with van der Waals surface area (Å²) in [5, 5.41) is 0. The maximum absolute atomic E-state index is 6.04. The van der Waals surface area contributed by atoms with Crippen LogP contribution in [0.25, 0.3) is 0 Å². The molecule has 0 aromatic rings. The molecule has 1 saturated heterocycles. The van der Waals surface area contributed by atoms with Gasteiger partial charge in [0.05, 0.1) is 0 Å². The van der Waals surface area contributed by atoms with E-state index in [1.807, 2.05) is 0 Å². The molecule has 0 aliphatic carbocycles. The van der Waals surface area contributed by atoms with Crippen LogP contribution in [0.5, 0.6) is 0 Å². The molecular weight excluding hydrogens is 160 g/mol. The predicted octanol–water partition coefficient (Wildman–Crippen LogP) is 1.70. The molecule has 3 unspecified atom stereocenters. The third-order valence-corrected chi connectivity index (χ3v) is 3.36. The maximum Gasteiger partial charge on any atom is 0.0107 e. The van der Waals surface area contributed by atoms with Crippen LogP contribution in [0.3, 0.4) is 0 Å². The molecule has 0 aromatic carbocycles.